The lowest BCUT2D eigenvalue weighted by Crippen LogP contribution is -2.03. The Bertz CT molecular complexity index is 2630. The van der Waals surface area contributed by atoms with Crippen LogP contribution in [-0.2, 0) is 6.42 Å². The first-order valence-corrected chi connectivity index (χ1v) is 16.2. The van der Waals surface area contributed by atoms with Crippen LogP contribution in [0.2, 0.25) is 0 Å². The average molecular weight is 613 g/mol. The van der Waals surface area contributed by atoms with Crippen molar-refractivity contribution in [2.75, 3.05) is 0 Å². The summed E-state index contributed by atoms with van der Waals surface area (Å²) in [5.41, 5.74) is 13.1. The molecule has 2 heterocycles. The number of aryl methyl sites for hydroxylation is 1. The van der Waals surface area contributed by atoms with Crippen molar-refractivity contribution in [1.82, 2.24) is 9.13 Å². The molecular weight excluding hydrogens is 585 g/mol. The van der Waals surface area contributed by atoms with Crippen molar-refractivity contribution in [3.8, 4) is 45.8 Å². The van der Waals surface area contributed by atoms with Gasteiger partial charge < -0.3 is 9.13 Å². The molecule has 0 saturated carbocycles. The fourth-order valence-corrected chi connectivity index (χ4v) is 7.55. The van der Waals surface area contributed by atoms with Crippen LogP contribution in [0.4, 0.5) is 0 Å². The Hall–Kier alpha value is -6.62. The van der Waals surface area contributed by atoms with Gasteiger partial charge in [-0.1, -0.05) is 97.1 Å². The molecular formula is C44H28N4. The van der Waals surface area contributed by atoms with E-state index in [4.69, 9.17) is 0 Å². The van der Waals surface area contributed by atoms with Crippen LogP contribution in [0.25, 0.3) is 72.4 Å². The smallest absolute Gasteiger partial charge is 0.101 e. The van der Waals surface area contributed by atoms with Crippen molar-refractivity contribution in [2.24, 2.45) is 0 Å². The Morgan fingerprint density at radius 2 is 1.25 bits per heavy atom. The summed E-state index contributed by atoms with van der Waals surface area (Å²) in [6.07, 6.45) is 6.39. The van der Waals surface area contributed by atoms with Crippen LogP contribution in [-0.4, -0.2) is 9.13 Å². The summed E-state index contributed by atoms with van der Waals surface area (Å²) in [4.78, 5) is 0. The van der Waals surface area contributed by atoms with Gasteiger partial charge in [-0.05, 0) is 83.6 Å². The van der Waals surface area contributed by atoms with E-state index in [0.717, 1.165) is 74.1 Å². The molecule has 0 unspecified atom stereocenters. The lowest BCUT2D eigenvalue weighted by Gasteiger charge is -2.17. The Balaban J connectivity index is 1.18. The standard InChI is InChI=1S/C44H28N4/c45-27-29-24-33(26-34(25-29)47-41-17-6-2-12-36(41)37-13-3-7-18-42(37)47)30-20-22-31(23-21-30)35-11-1-5-16-40(35)48-43-19-8-4-14-38(43)39-15-9-10-32(28-46)44(39)48/h1-3,5-13,15-26H,4,14H2. The van der Waals surface area contributed by atoms with Gasteiger partial charge in [0, 0.05) is 33.1 Å². The van der Waals surface area contributed by atoms with E-state index in [1.54, 1.807) is 0 Å². The summed E-state index contributed by atoms with van der Waals surface area (Å²) in [5, 5.41) is 23.7. The third-order valence-corrected chi connectivity index (χ3v) is 9.65. The van der Waals surface area contributed by atoms with Crippen molar-refractivity contribution in [3.05, 3.63) is 162 Å². The number of allylic oxidation sites excluding steroid dienone is 1. The highest BCUT2D eigenvalue weighted by molar-refractivity contribution is 6.09. The minimum atomic E-state index is 0.615. The second kappa shape index (κ2) is 11.0. The van der Waals surface area contributed by atoms with Crippen molar-refractivity contribution in [1.29, 1.82) is 10.5 Å². The summed E-state index contributed by atoms with van der Waals surface area (Å²) in [5.74, 6) is 0. The van der Waals surface area contributed by atoms with Crippen LogP contribution in [0.15, 0.2) is 140 Å². The summed E-state index contributed by atoms with van der Waals surface area (Å²) in [6, 6.07) is 50.9. The summed E-state index contributed by atoms with van der Waals surface area (Å²) >= 11 is 0. The van der Waals surface area contributed by atoms with Crippen LogP contribution >= 0.6 is 0 Å². The average Bonchev–Trinajstić information content (AvgIpc) is 3.68. The predicted octanol–water partition coefficient (Wildman–Crippen LogP) is 10.8. The first-order valence-electron chi connectivity index (χ1n) is 16.2. The largest absolute Gasteiger partial charge is 0.309 e. The van der Waals surface area contributed by atoms with Crippen molar-refractivity contribution < 1.29 is 0 Å². The molecule has 0 amide bonds. The topological polar surface area (TPSA) is 57.4 Å². The Morgan fingerprint density at radius 3 is 2.00 bits per heavy atom. The minimum Gasteiger partial charge on any atom is -0.309 e. The van der Waals surface area contributed by atoms with E-state index in [-0.39, 0.29) is 0 Å². The molecule has 0 bridgehead atoms. The summed E-state index contributed by atoms with van der Waals surface area (Å²) in [6.45, 7) is 0. The van der Waals surface area contributed by atoms with E-state index in [1.807, 2.05) is 24.3 Å². The van der Waals surface area contributed by atoms with Gasteiger partial charge in [-0.15, -0.1) is 0 Å². The first-order chi connectivity index (χ1) is 23.7. The molecule has 0 atom stereocenters. The number of hydrogen-bond acceptors (Lipinski definition) is 2. The van der Waals surface area contributed by atoms with E-state index in [1.165, 1.54) is 16.3 Å². The maximum atomic E-state index is 10.1. The van der Waals surface area contributed by atoms with Gasteiger partial charge in [0.2, 0.25) is 0 Å². The van der Waals surface area contributed by atoms with E-state index in [0.29, 0.717) is 11.1 Å². The number of fused-ring (bicyclic) bond motifs is 6. The molecule has 0 N–H and O–H groups in total. The van der Waals surface area contributed by atoms with E-state index in [2.05, 4.69) is 143 Å². The van der Waals surface area contributed by atoms with Crippen LogP contribution in [0.1, 0.15) is 28.8 Å². The summed E-state index contributed by atoms with van der Waals surface area (Å²) in [7, 11) is 0. The first kappa shape index (κ1) is 27.7. The van der Waals surface area contributed by atoms with E-state index in [9.17, 15) is 10.5 Å². The number of nitriles is 2. The molecule has 1 aliphatic carbocycles. The van der Waals surface area contributed by atoms with Crippen molar-refractivity contribution >= 4 is 38.8 Å². The Labute approximate surface area is 278 Å². The SMILES string of the molecule is N#Cc1cc(-c2ccc(-c3ccccc3-n3c4c(c5cccc(C#N)c53)CCC=C4)cc2)cc(-n2c3ccccc3c3ccccc32)c1. The monoisotopic (exact) mass is 612 g/mol. The molecule has 4 nitrogen and oxygen atoms in total. The molecule has 0 saturated heterocycles. The van der Waals surface area contributed by atoms with Gasteiger partial charge in [0.25, 0.3) is 0 Å². The van der Waals surface area contributed by atoms with Gasteiger partial charge in [0.05, 0.1) is 39.4 Å². The lowest BCUT2D eigenvalue weighted by molar-refractivity contribution is 0.968. The lowest BCUT2D eigenvalue weighted by atomic mass is 9.97. The van der Waals surface area contributed by atoms with Crippen molar-refractivity contribution in [3.63, 3.8) is 0 Å². The van der Waals surface area contributed by atoms with Crippen LogP contribution in [0.3, 0.4) is 0 Å². The Morgan fingerprint density at radius 1 is 0.562 bits per heavy atom. The maximum Gasteiger partial charge on any atom is 0.101 e. The number of aromatic nitrogens is 2. The number of nitrogens with zero attached hydrogens (tertiary/aromatic N) is 4. The zero-order chi connectivity index (χ0) is 32.2. The molecule has 0 radical (unpaired) electrons. The molecule has 224 valence electrons. The van der Waals surface area contributed by atoms with E-state index >= 15 is 0 Å². The van der Waals surface area contributed by atoms with Gasteiger partial charge in [-0.3, -0.25) is 0 Å². The molecule has 48 heavy (non-hydrogen) atoms. The minimum absolute atomic E-state index is 0.615. The van der Waals surface area contributed by atoms with Crippen molar-refractivity contribution in [2.45, 2.75) is 12.8 Å². The molecule has 9 rings (SSSR count). The second-order valence-electron chi connectivity index (χ2n) is 12.3. The zero-order valence-electron chi connectivity index (χ0n) is 26.1. The summed E-state index contributed by atoms with van der Waals surface area (Å²) < 4.78 is 4.53. The molecule has 0 fully saturated rings. The third-order valence-electron chi connectivity index (χ3n) is 9.65. The quantitative estimate of drug-likeness (QED) is 0.199. The molecule has 0 aliphatic heterocycles. The van der Waals surface area contributed by atoms with Gasteiger partial charge in [-0.2, -0.15) is 10.5 Å². The Kier molecular flexibility index (Phi) is 6.35. The van der Waals surface area contributed by atoms with Crippen LogP contribution in [0.5, 0.6) is 0 Å². The highest BCUT2D eigenvalue weighted by Crippen LogP contribution is 2.39. The molecule has 0 spiro atoms. The number of rotatable bonds is 4. The predicted molar refractivity (Wildman–Crippen MR) is 195 cm³/mol. The highest BCUT2D eigenvalue weighted by Gasteiger charge is 2.22. The molecule has 8 aromatic rings. The third kappa shape index (κ3) is 4.21. The molecule has 2 aromatic heterocycles. The number of benzene rings is 6. The highest BCUT2D eigenvalue weighted by atomic mass is 15.0. The maximum absolute atomic E-state index is 10.1. The van der Waals surface area contributed by atoms with Crippen LogP contribution < -0.4 is 0 Å². The fourth-order valence-electron chi connectivity index (χ4n) is 7.55. The molecule has 1 aliphatic rings. The van der Waals surface area contributed by atoms with Crippen LogP contribution in [0, 0.1) is 22.7 Å². The normalized spacial score (nSPS) is 12.3. The van der Waals surface area contributed by atoms with Gasteiger partial charge in [0.15, 0.2) is 0 Å². The zero-order valence-corrected chi connectivity index (χ0v) is 26.1. The fraction of sp³-hybridized carbons (Fsp3) is 0.0455. The van der Waals surface area contributed by atoms with Gasteiger partial charge >= 0.3 is 0 Å². The number of hydrogen-bond donors (Lipinski definition) is 0. The van der Waals surface area contributed by atoms with E-state index < -0.39 is 0 Å². The second-order valence-corrected chi connectivity index (χ2v) is 12.3. The number of para-hydroxylation sites is 4. The van der Waals surface area contributed by atoms with Gasteiger partial charge in [-0.25, -0.2) is 0 Å². The van der Waals surface area contributed by atoms with Gasteiger partial charge in [0.1, 0.15) is 6.07 Å². The molecule has 6 aromatic carbocycles. The molecule has 4 heteroatoms.